The number of ketones is 1. The Labute approximate surface area is 195 Å². The summed E-state index contributed by atoms with van der Waals surface area (Å²) in [6.45, 7) is 2.99. The van der Waals surface area contributed by atoms with E-state index in [0.29, 0.717) is 33.5 Å². The number of carbonyl (C=O) groups is 2. The van der Waals surface area contributed by atoms with Crippen LogP contribution in [0, 0.1) is 0 Å². The fourth-order valence-corrected chi connectivity index (χ4v) is 3.55. The van der Waals surface area contributed by atoms with Crippen molar-refractivity contribution in [3.8, 4) is 22.8 Å². The van der Waals surface area contributed by atoms with E-state index in [1.807, 2.05) is 0 Å². The van der Waals surface area contributed by atoms with E-state index >= 15 is 0 Å². The Kier molecular flexibility index (Phi) is 6.45. The van der Waals surface area contributed by atoms with Crippen LogP contribution in [0.2, 0.25) is 0 Å². The lowest BCUT2D eigenvalue weighted by molar-refractivity contribution is -0.114. The molecule has 0 aliphatic carbocycles. The number of carbonyl (C=O) groups excluding carboxylic acids is 2. The second kappa shape index (κ2) is 9.62. The normalized spacial score (nSPS) is 11.6. The molecule has 1 N–H and O–H groups in total. The van der Waals surface area contributed by atoms with Gasteiger partial charge < -0.3 is 19.2 Å². The summed E-state index contributed by atoms with van der Waals surface area (Å²) in [6.07, 6.45) is -0.965. The summed E-state index contributed by atoms with van der Waals surface area (Å²) in [7, 11) is 1.57. The van der Waals surface area contributed by atoms with Crippen molar-refractivity contribution in [1.82, 2.24) is 0 Å². The molecule has 0 aliphatic heterocycles. The van der Waals surface area contributed by atoms with E-state index < -0.39 is 6.10 Å². The molecule has 1 amide bonds. The van der Waals surface area contributed by atoms with E-state index in [2.05, 4.69) is 5.32 Å². The summed E-state index contributed by atoms with van der Waals surface area (Å²) in [5.41, 5.74) is 1.62. The molecule has 1 unspecified atom stereocenters. The van der Waals surface area contributed by atoms with Gasteiger partial charge in [0.15, 0.2) is 11.9 Å². The van der Waals surface area contributed by atoms with Crippen molar-refractivity contribution in [2.24, 2.45) is 0 Å². The largest absolute Gasteiger partial charge is 0.497 e. The molecule has 0 saturated heterocycles. The molecule has 1 heterocycles. The number of ether oxygens (including phenoxy) is 2. The second-order valence-corrected chi connectivity index (χ2v) is 7.70. The van der Waals surface area contributed by atoms with Crippen molar-refractivity contribution in [1.29, 1.82) is 0 Å². The lowest BCUT2D eigenvalue weighted by Gasteiger charge is -2.17. The van der Waals surface area contributed by atoms with Gasteiger partial charge in [0, 0.05) is 23.7 Å². The number of amides is 1. The lowest BCUT2D eigenvalue weighted by atomic mass is 10.1. The van der Waals surface area contributed by atoms with E-state index in [4.69, 9.17) is 13.9 Å². The molecule has 0 saturated carbocycles. The summed E-state index contributed by atoms with van der Waals surface area (Å²) in [6, 6.07) is 20.3. The Balaban J connectivity index is 1.71. The van der Waals surface area contributed by atoms with Crippen LogP contribution < -0.4 is 20.2 Å². The standard InChI is InChI=1S/C27H23NO6/c1-16(24(30)18-8-12-20(13-9-18)28-17(2)29)33-27-25(31)22-6-4-5-7-23(22)34-26(27)19-10-14-21(32-3)15-11-19/h4-16H,1-3H3,(H,28,29). The predicted molar refractivity (Wildman–Crippen MR) is 130 cm³/mol. The highest BCUT2D eigenvalue weighted by molar-refractivity contribution is 6.00. The molecular formula is C27H23NO6. The van der Waals surface area contributed by atoms with E-state index in [9.17, 15) is 14.4 Å². The number of para-hydroxylation sites is 1. The third kappa shape index (κ3) is 4.68. The quantitative estimate of drug-likeness (QED) is 0.389. The number of hydrogen-bond acceptors (Lipinski definition) is 6. The SMILES string of the molecule is COc1ccc(-c2oc3ccccc3c(=O)c2OC(C)C(=O)c2ccc(NC(C)=O)cc2)cc1. The molecule has 0 fully saturated rings. The molecule has 7 nitrogen and oxygen atoms in total. The molecule has 7 heteroatoms. The minimum absolute atomic E-state index is 0.0421. The first kappa shape index (κ1) is 22.8. The van der Waals surface area contributed by atoms with Gasteiger partial charge in [-0.25, -0.2) is 0 Å². The number of fused-ring (bicyclic) bond motifs is 1. The molecule has 4 rings (SSSR count). The Morgan fingerprint density at radius 1 is 0.941 bits per heavy atom. The molecule has 172 valence electrons. The zero-order valence-electron chi connectivity index (χ0n) is 19.0. The topological polar surface area (TPSA) is 94.8 Å². The first-order valence-electron chi connectivity index (χ1n) is 10.7. The minimum atomic E-state index is -0.965. The number of anilines is 1. The van der Waals surface area contributed by atoms with Crippen LogP contribution in [0.5, 0.6) is 11.5 Å². The highest BCUT2D eigenvalue weighted by Crippen LogP contribution is 2.32. The van der Waals surface area contributed by atoms with E-state index in [0.717, 1.165) is 0 Å². The van der Waals surface area contributed by atoms with E-state index in [-0.39, 0.29) is 28.6 Å². The van der Waals surface area contributed by atoms with Gasteiger partial charge in [-0.2, -0.15) is 0 Å². The number of Topliss-reactive ketones (excluding diaryl/α,β-unsaturated/α-hetero) is 1. The molecule has 1 aromatic heterocycles. The average molecular weight is 457 g/mol. The second-order valence-electron chi connectivity index (χ2n) is 7.70. The molecule has 0 aliphatic rings. The number of benzene rings is 3. The van der Waals surface area contributed by atoms with Crippen LogP contribution in [0.3, 0.4) is 0 Å². The van der Waals surface area contributed by atoms with Gasteiger partial charge in [-0.05, 0) is 67.6 Å². The van der Waals surface area contributed by atoms with Crippen LogP contribution in [0.1, 0.15) is 24.2 Å². The summed E-state index contributed by atoms with van der Waals surface area (Å²) in [4.78, 5) is 37.6. The highest BCUT2D eigenvalue weighted by atomic mass is 16.5. The molecule has 0 spiro atoms. The van der Waals surface area contributed by atoms with Crippen LogP contribution in [0.15, 0.2) is 82.0 Å². The zero-order valence-corrected chi connectivity index (χ0v) is 19.0. The monoisotopic (exact) mass is 457 g/mol. The van der Waals surface area contributed by atoms with E-state index in [1.54, 1.807) is 86.8 Å². The van der Waals surface area contributed by atoms with Crippen molar-refractivity contribution >= 4 is 28.3 Å². The Bertz CT molecular complexity index is 1400. The zero-order chi connectivity index (χ0) is 24.2. The van der Waals surface area contributed by atoms with Gasteiger partial charge >= 0.3 is 0 Å². The van der Waals surface area contributed by atoms with E-state index in [1.165, 1.54) is 6.92 Å². The lowest BCUT2D eigenvalue weighted by Crippen LogP contribution is -2.26. The Morgan fingerprint density at radius 3 is 2.26 bits per heavy atom. The van der Waals surface area contributed by atoms with Crippen molar-refractivity contribution < 1.29 is 23.5 Å². The molecule has 0 radical (unpaired) electrons. The van der Waals surface area contributed by atoms with Crippen molar-refractivity contribution in [2.45, 2.75) is 20.0 Å². The smallest absolute Gasteiger partial charge is 0.235 e. The molecule has 1 atom stereocenters. The summed E-state index contributed by atoms with van der Waals surface area (Å²) in [5, 5.41) is 3.01. The van der Waals surface area contributed by atoms with Crippen molar-refractivity contribution in [3.05, 3.63) is 88.6 Å². The molecule has 3 aromatic carbocycles. The van der Waals surface area contributed by atoms with Gasteiger partial charge in [0.1, 0.15) is 11.3 Å². The molecular weight excluding hydrogens is 434 g/mol. The average Bonchev–Trinajstić information content (AvgIpc) is 2.85. The molecule has 4 aromatic rings. The predicted octanol–water partition coefficient (Wildman–Crippen LogP) is 5.08. The Hall–Kier alpha value is -4.39. The minimum Gasteiger partial charge on any atom is -0.497 e. The van der Waals surface area contributed by atoms with Gasteiger partial charge in [-0.3, -0.25) is 14.4 Å². The highest BCUT2D eigenvalue weighted by Gasteiger charge is 2.24. The van der Waals surface area contributed by atoms with Gasteiger partial charge in [-0.15, -0.1) is 0 Å². The van der Waals surface area contributed by atoms with Crippen LogP contribution in [0.4, 0.5) is 5.69 Å². The third-order valence-electron chi connectivity index (χ3n) is 5.26. The van der Waals surface area contributed by atoms with Crippen molar-refractivity contribution in [3.63, 3.8) is 0 Å². The molecule has 34 heavy (non-hydrogen) atoms. The number of methoxy groups -OCH3 is 1. The molecule has 0 bridgehead atoms. The number of rotatable bonds is 7. The van der Waals surface area contributed by atoms with Crippen LogP contribution in [-0.2, 0) is 4.79 Å². The summed E-state index contributed by atoms with van der Waals surface area (Å²) in [5.74, 6) is 0.319. The van der Waals surface area contributed by atoms with Gasteiger partial charge in [0.25, 0.3) is 0 Å². The number of hydrogen-bond donors (Lipinski definition) is 1. The maximum atomic E-state index is 13.3. The maximum Gasteiger partial charge on any atom is 0.235 e. The maximum absolute atomic E-state index is 13.3. The Morgan fingerprint density at radius 2 is 1.62 bits per heavy atom. The van der Waals surface area contributed by atoms with Crippen molar-refractivity contribution in [2.75, 3.05) is 12.4 Å². The third-order valence-corrected chi connectivity index (χ3v) is 5.26. The fourth-order valence-electron chi connectivity index (χ4n) is 3.55. The summed E-state index contributed by atoms with van der Waals surface area (Å²) >= 11 is 0. The van der Waals surface area contributed by atoms with Gasteiger partial charge in [-0.1, -0.05) is 12.1 Å². The summed E-state index contributed by atoms with van der Waals surface area (Å²) < 4.78 is 17.2. The van der Waals surface area contributed by atoms with Gasteiger partial charge in [0.05, 0.1) is 12.5 Å². The fraction of sp³-hybridized carbons (Fsp3) is 0.148. The van der Waals surface area contributed by atoms with Crippen LogP contribution in [0.25, 0.3) is 22.3 Å². The first-order chi connectivity index (χ1) is 16.4. The van der Waals surface area contributed by atoms with Crippen LogP contribution >= 0.6 is 0 Å². The number of nitrogens with one attached hydrogen (secondary N) is 1. The first-order valence-corrected chi connectivity index (χ1v) is 10.7. The van der Waals surface area contributed by atoms with Gasteiger partial charge in [0.2, 0.25) is 22.9 Å². The van der Waals surface area contributed by atoms with Crippen LogP contribution in [-0.4, -0.2) is 24.9 Å².